The van der Waals surface area contributed by atoms with Gasteiger partial charge in [0.05, 0.1) is 5.69 Å². The van der Waals surface area contributed by atoms with E-state index in [-0.39, 0.29) is 5.75 Å². The summed E-state index contributed by atoms with van der Waals surface area (Å²) in [7, 11) is 0. The average Bonchev–Trinajstić information content (AvgIpc) is 2.47. The molecule has 0 radical (unpaired) electrons. The number of nitrogens with zero attached hydrogens (tertiary/aromatic N) is 1. The van der Waals surface area contributed by atoms with E-state index in [1.807, 2.05) is 24.3 Å². The number of hydrogen-bond acceptors (Lipinski definition) is 3. The number of nitrogens with one attached hydrogen (secondary N) is 1. The summed E-state index contributed by atoms with van der Waals surface area (Å²) in [6, 6.07) is 10.2. The summed E-state index contributed by atoms with van der Waals surface area (Å²) >= 11 is 0. The van der Waals surface area contributed by atoms with Gasteiger partial charge in [-0.3, -0.25) is 0 Å². The molecule has 1 heterocycles. The normalized spacial score (nSPS) is 16.8. The van der Waals surface area contributed by atoms with E-state index in [4.69, 9.17) is 0 Å². The van der Waals surface area contributed by atoms with Crippen LogP contribution in [0, 0.1) is 0 Å². The van der Waals surface area contributed by atoms with Gasteiger partial charge in [-0.2, -0.15) is 0 Å². The van der Waals surface area contributed by atoms with Gasteiger partial charge in [0.15, 0.2) is 0 Å². The number of fused-ring (bicyclic) bond motifs is 1. The minimum Gasteiger partial charge on any atom is -0.506 e. The fourth-order valence-electron chi connectivity index (χ4n) is 2.83. The molecule has 0 saturated heterocycles. The molecule has 0 amide bonds. The topological polar surface area (TPSA) is 45.1 Å². The second-order valence-corrected chi connectivity index (χ2v) is 5.37. The largest absolute Gasteiger partial charge is 0.506 e. The van der Waals surface area contributed by atoms with Gasteiger partial charge in [-0.15, -0.1) is 0 Å². The van der Waals surface area contributed by atoms with E-state index in [1.165, 1.54) is 32.1 Å². The summed E-state index contributed by atoms with van der Waals surface area (Å²) in [6.45, 7) is 0.787. The number of para-hydroxylation sites is 1. The van der Waals surface area contributed by atoms with Crippen LogP contribution in [0.5, 0.6) is 5.75 Å². The predicted molar refractivity (Wildman–Crippen MR) is 77.1 cm³/mol. The molecule has 1 aliphatic rings. The second kappa shape index (κ2) is 5.57. The van der Waals surface area contributed by atoms with E-state index in [0.717, 1.165) is 17.6 Å². The standard InChI is InChI=1S/C16H20N2O/c19-15-8-4-5-12-9-10-14(18-16(12)15)11-17-13-6-2-1-3-7-13/h4-5,8-10,13,17,19H,1-3,6-7,11H2. The Morgan fingerprint density at radius 2 is 1.95 bits per heavy atom. The highest BCUT2D eigenvalue weighted by molar-refractivity contribution is 5.84. The molecule has 0 aliphatic heterocycles. The first kappa shape index (κ1) is 12.4. The third kappa shape index (κ3) is 2.87. The Kier molecular flexibility index (Phi) is 3.65. The predicted octanol–water partition coefficient (Wildman–Crippen LogP) is 3.36. The zero-order valence-electron chi connectivity index (χ0n) is 11.1. The number of rotatable bonds is 3. The van der Waals surface area contributed by atoms with Crippen molar-refractivity contribution in [1.29, 1.82) is 0 Å². The zero-order chi connectivity index (χ0) is 13.1. The van der Waals surface area contributed by atoms with Crippen LogP contribution in [0.3, 0.4) is 0 Å². The van der Waals surface area contributed by atoms with Crippen molar-refractivity contribution < 1.29 is 5.11 Å². The highest BCUT2D eigenvalue weighted by Crippen LogP contribution is 2.22. The van der Waals surface area contributed by atoms with Gasteiger partial charge in [-0.25, -0.2) is 4.98 Å². The highest BCUT2D eigenvalue weighted by atomic mass is 16.3. The molecule has 0 unspecified atom stereocenters. The van der Waals surface area contributed by atoms with Gasteiger partial charge in [0.2, 0.25) is 0 Å². The Hall–Kier alpha value is -1.61. The molecule has 1 aromatic heterocycles. The molecule has 3 nitrogen and oxygen atoms in total. The summed E-state index contributed by atoms with van der Waals surface area (Å²) in [4.78, 5) is 4.55. The summed E-state index contributed by atoms with van der Waals surface area (Å²) in [5, 5.41) is 14.4. The molecular formula is C16H20N2O. The first-order chi connectivity index (χ1) is 9.33. The number of phenolic OH excluding ortho intramolecular Hbond substituents is 1. The van der Waals surface area contributed by atoms with Crippen LogP contribution >= 0.6 is 0 Å². The van der Waals surface area contributed by atoms with E-state index in [1.54, 1.807) is 6.07 Å². The summed E-state index contributed by atoms with van der Waals surface area (Å²) in [5.41, 5.74) is 1.70. The molecule has 3 heteroatoms. The number of phenols is 1. The van der Waals surface area contributed by atoms with Crippen molar-refractivity contribution in [3.05, 3.63) is 36.0 Å². The maximum atomic E-state index is 9.83. The Morgan fingerprint density at radius 1 is 1.11 bits per heavy atom. The van der Waals surface area contributed by atoms with Crippen LogP contribution in [0.25, 0.3) is 10.9 Å². The molecule has 0 bridgehead atoms. The minimum absolute atomic E-state index is 0.261. The van der Waals surface area contributed by atoms with Crippen molar-refractivity contribution in [2.24, 2.45) is 0 Å². The fraction of sp³-hybridized carbons (Fsp3) is 0.438. The lowest BCUT2D eigenvalue weighted by molar-refractivity contribution is 0.371. The lowest BCUT2D eigenvalue weighted by Gasteiger charge is -2.22. The van der Waals surface area contributed by atoms with Gasteiger partial charge in [0.1, 0.15) is 11.3 Å². The molecule has 100 valence electrons. The lowest BCUT2D eigenvalue weighted by Crippen LogP contribution is -2.30. The maximum Gasteiger partial charge on any atom is 0.141 e. The first-order valence-electron chi connectivity index (χ1n) is 7.14. The Labute approximate surface area is 113 Å². The molecular weight excluding hydrogens is 236 g/mol. The van der Waals surface area contributed by atoms with Crippen LogP contribution in [0.1, 0.15) is 37.8 Å². The van der Waals surface area contributed by atoms with Crippen molar-refractivity contribution in [2.75, 3.05) is 0 Å². The van der Waals surface area contributed by atoms with Gasteiger partial charge in [-0.1, -0.05) is 37.5 Å². The van der Waals surface area contributed by atoms with E-state index in [9.17, 15) is 5.11 Å². The van der Waals surface area contributed by atoms with E-state index < -0.39 is 0 Å². The molecule has 1 aromatic carbocycles. The number of pyridine rings is 1. The third-order valence-electron chi connectivity index (χ3n) is 3.93. The number of benzene rings is 1. The summed E-state index contributed by atoms with van der Waals surface area (Å²) < 4.78 is 0. The van der Waals surface area contributed by atoms with Crippen molar-refractivity contribution in [1.82, 2.24) is 10.3 Å². The zero-order valence-corrected chi connectivity index (χ0v) is 11.1. The van der Waals surface area contributed by atoms with E-state index in [2.05, 4.69) is 10.3 Å². The third-order valence-corrected chi connectivity index (χ3v) is 3.93. The van der Waals surface area contributed by atoms with Crippen molar-refractivity contribution in [3.63, 3.8) is 0 Å². The number of hydrogen-bond donors (Lipinski definition) is 2. The molecule has 19 heavy (non-hydrogen) atoms. The lowest BCUT2D eigenvalue weighted by atomic mass is 9.95. The molecule has 2 aromatic rings. The second-order valence-electron chi connectivity index (χ2n) is 5.37. The Balaban J connectivity index is 1.72. The molecule has 0 spiro atoms. The smallest absolute Gasteiger partial charge is 0.141 e. The SMILES string of the molecule is Oc1cccc2ccc(CNC3CCCCC3)nc12. The molecule has 1 saturated carbocycles. The minimum atomic E-state index is 0.261. The van der Waals surface area contributed by atoms with Crippen molar-refractivity contribution in [3.8, 4) is 5.75 Å². The average molecular weight is 256 g/mol. The van der Waals surface area contributed by atoms with Crippen LogP contribution in [-0.4, -0.2) is 16.1 Å². The van der Waals surface area contributed by atoms with Gasteiger partial charge in [0, 0.05) is 18.0 Å². The van der Waals surface area contributed by atoms with Crippen LogP contribution in [0.4, 0.5) is 0 Å². The van der Waals surface area contributed by atoms with Gasteiger partial charge in [-0.05, 0) is 25.0 Å². The Bertz CT molecular complexity index is 562. The summed E-state index contributed by atoms with van der Waals surface area (Å²) in [5.74, 6) is 0.261. The van der Waals surface area contributed by atoms with Gasteiger partial charge < -0.3 is 10.4 Å². The molecule has 0 atom stereocenters. The molecule has 1 fully saturated rings. The number of aromatic nitrogens is 1. The van der Waals surface area contributed by atoms with Crippen LogP contribution in [0.2, 0.25) is 0 Å². The fourth-order valence-corrected chi connectivity index (χ4v) is 2.83. The highest BCUT2D eigenvalue weighted by Gasteiger charge is 2.12. The van der Waals surface area contributed by atoms with Crippen molar-refractivity contribution in [2.45, 2.75) is 44.7 Å². The van der Waals surface area contributed by atoms with Crippen LogP contribution < -0.4 is 5.32 Å². The van der Waals surface area contributed by atoms with Crippen LogP contribution in [-0.2, 0) is 6.54 Å². The van der Waals surface area contributed by atoms with E-state index in [0.29, 0.717) is 11.6 Å². The number of aromatic hydroxyl groups is 1. The molecule has 3 rings (SSSR count). The Morgan fingerprint density at radius 3 is 2.79 bits per heavy atom. The van der Waals surface area contributed by atoms with E-state index >= 15 is 0 Å². The molecule has 1 aliphatic carbocycles. The first-order valence-corrected chi connectivity index (χ1v) is 7.14. The van der Waals surface area contributed by atoms with Gasteiger partial charge in [0.25, 0.3) is 0 Å². The monoisotopic (exact) mass is 256 g/mol. The molecule has 2 N–H and O–H groups in total. The quantitative estimate of drug-likeness (QED) is 0.885. The van der Waals surface area contributed by atoms with Crippen LogP contribution in [0.15, 0.2) is 30.3 Å². The van der Waals surface area contributed by atoms with Crippen molar-refractivity contribution >= 4 is 10.9 Å². The maximum absolute atomic E-state index is 9.83. The van der Waals surface area contributed by atoms with Gasteiger partial charge >= 0.3 is 0 Å². The summed E-state index contributed by atoms with van der Waals surface area (Å²) in [6.07, 6.45) is 6.60.